The number of nitrogens with zero attached hydrogens (tertiary/aromatic N) is 1. The van der Waals surface area contributed by atoms with Crippen LogP contribution in [-0.2, 0) is 4.79 Å². The van der Waals surface area contributed by atoms with E-state index in [4.69, 9.17) is 0 Å². The second kappa shape index (κ2) is 9.80. The number of nitrogens with one attached hydrogen (secondary N) is 1. The Morgan fingerprint density at radius 3 is 2.33 bits per heavy atom. The van der Waals surface area contributed by atoms with Gasteiger partial charge < -0.3 is 10.4 Å². The van der Waals surface area contributed by atoms with E-state index in [0.717, 1.165) is 13.1 Å². The third-order valence-corrected chi connectivity index (χ3v) is 4.99. The molecule has 0 radical (unpaired) electrons. The van der Waals surface area contributed by atoms with Crippen LogP contribution < -0.4 is 5.32 Å². The van der Waals surface area contributed by atoms with Crippen LogP contribution in [0.4, 0.5) is 0 Å². The van der Waals surface area contributed by atoms with E-state index in [1.807, 2.05) is 25.1 Å². The first kappa shape index (κ1) is 18.9. The standard InChI is InChI=1S/C20H32N2O2/c1-16(23)14-19(18-10-6-5-7-11-18)15-21-20(24)17(2)22-12-8-3-4-9-13-22/h5-7,10-11,16-17,19,23H,3-4,8-9,12-15H2,1-2H3,(H,21,24). The lowest BCUT2D eigenvalue weighted by Gasteiger charge is -2.27. The lowest BCUT2D eigenvalue weighted by atomic mass is 9.93. The Morgan fingerprint density at radius 1 is 1.12 bits per heavy atom. The third-order valence-electron chi connectivity index (χ3n) is 4.99. The molecule has 3 unspecified atom stereocenters. The van der Waals surface area contributed by atoms with Gasteiger partial charge in [-0.3, -0.25) is 9.69 Å². The predicted octanol–water partition coefficient (Wildman–Crippen LogP) is 2.92. The highest BCUT2D eigenvalue weighted by Crippen LogP contribution is 2.21. The topological polar surface area (TPSA) is 52.6 Å². The quantitative estimate of drug-likeness (QED) is 0.807. The van der Waals surface area contributed by atoms with Crippen molar-refractivity contribution in [3.05, 3.63) is 35.9 Å². The molecule has 0 bridgehead atoms. The minimum Gasteiger partial charge on any atom is -0.393 e. The van der Waals surface area contributed by atoms with Gasteiger partial charge in [0.15, 0.2) is 0 Å². The molecule has 1 aliphatic heterocycles. The smallest absolute Gasteiger partial charge is 0.237 e. The average molecular weight is 332 g/mol. The van der Waals surface area contributed by atoms with Crippen molar-refractivity contribution in [3.8, 4) is 0 Å². The molecule has 1 aliphatic rings. The molecular formula is C20H32N2O2. The summed E-state index contributed by atoms with van der Waals surface area (Å²) in [6.45, 7) is 6.42. The molecule has 4 nitrogen and oxygen atoms in total. The molecule has 1 heterocycles. The largest absolute Gasteiger partial charge is 0.393 e. The van der Waals surface area contributed by atoms with Crippen LogP contribution >= 0.6 is 0 Å². The molecule has 1 fully saturated rings. The molecular weight excluding hydrogens is 300 g/mol. The summed E-state index contributed by atoms with van der Waals surface area (Å²) < 4.78 is 0. The lowest BCUT2D eigenvalue weighted by Crippen LogP contribution is -2.46. The van der Waals surface area contributed by atoms with Crippen molar-refractivity contribution in [1.29, 1.82) is 0 Å². The zero-order valence-electron chi connectivity index (χ0n) is 15.1. The Balaban J connectivity index is 1.91. The average Bonchev–Trinajstić information content (AvgIpc) is 2.87. The number of hydrogen-bond donors (Lipinski definition) is 2. The molecule has 1 amide bonds. The Labute approximate surface area is 146 Å². The summed E-state index contributed by atoms with van der Waals surface area (Å²) in [5.41, 5.74) is 1.17. The van der Waals surface area contributed by atoms with Gasteiger partial charge in [0.05, 0.1) is 12.1 Å². The van der Waals surface area contributed by atoms with Gasteiger partial charge in [0.2, 0.25) is 5.91 Å². The molecule has 4 heteroatoms. The van der Waals surface area contributed by atoms with E-state index >= 15 is 0 Å². The van der Waals surface area contributed by atoms with Crippen LogP contribution in [0.25, 0.3) is 0 Å². The second-order valence-corrected chi connectivity index (χ2v) is 7.06. The van der Waals surface area contributed by atoms with E-state index in [-0.39, 0.29) is 24.0 Å². The number of aliphatic hydroxyl groups is 1. The van der Waals surface area contributed by atoms with Crippen molar-refractivity contribution in [2.75, 3.05) is 19.6 Å². The molecule has 2 rings (SSSR count). The van der Waals surface area contributed by atoms with Crippen molar-refractivity contribution < 1.29 is 9.90 Å². The molecule has 0 aliphatic carbocycles. The summed E-state index contributed by atoms with van der Waals surface area (Å²) in [5, 5.41) is 12.9. The molecule has 1 aromatic rings. The van der Waals surface area contributed by atoms with Crippen molar-refractivity contribution >= 4 is 5.91 Å². The van der Waals surface area contributed by atoms with Gasteiger partial charge in [0, 0.05) is 12.5 Å². The molecule has 1 aromatic carbocycles. The number of aliphatic hydroxyl groups excluding tert-OH is 1. The fourth-order valence-electron chi connectivity index (χ4n) is 3.49. The maximum atomic E-state index is 12.6. The maximum Gasteiger partial charge on any atom is 0.237 e. The van der Waals surface area contributed by atoms with Gasteiger partial charge in [0.1, 0.15) is 0 Å². The predicted molar refractivity (Wildman–Crippen MR) is 98.0 cm³/mol. The Bertz CT molecular complexity index is 482. The Kier molecular flexibility index (Phi) is 7.73. The SMILES string of the molecule is CC(O)CC(CNC(=O)C(C)N1CCCCCC1)c1ccccc1. The van der Waals surface area contributed by atoms with Crippen LogP contribution in [0, 0.1) is 0 Å². The van der Waals surface area contributed by atoms with Crippen molar-refractivity contribution in [2.45, 2.75) is 64.0 Å². The summed E-state index contributed by atoms with van der Waals surface area (Å²) in [5.74, 6) is 0.245. The molecule has 0 saturated carbocycles. The Hall–Kier alpha value is -1.39. The normalized spacial score (nSPS) is 20.0. The molecule has 0 spiro atoms. The minimum absolute atomic E-state index is 0.0777. The van der Waals surface area contributed by atoms with Crippen molar-refractivity contribution in [3.63, 3.8) is 0 Å². The highest BCUT2D eigenvalue weighted by atomic mass is 16.3. The van der Waals surface area contributed by atoms with Gasteiger partial charge in [-0.2, -0.15) is 0 Å². The fourth-order valence-corrected chi connectivity index (χ4v) is 3.49. The zero-order valence-corrected chi connectivity index (χ0v) is 15.1. The number of likely N-dealkylation sites (tertiary alicyclic amines) is 1. The number of carbonyl (C=O) groups excluding carboxylic acids is 1. The first-order valence-electron chi connectivity index (χ1n) is 9.32. The van der Waals surface area contributed by atoms with E-state index in [9.17, 15) is 9.90 Å². The molecule has 1 saturated heterocycles. The van der Waals surface area contributed by atoms with E-state index in [1.54, 1.807) is 6.92 Å². The maximum absolute atomic E-state index is 12.6. The van der Waals surface area contributed by atoms with E-state index in [2.05, 4.69) is 22.3 Å². The number of benzene rings is 1. The third kappa shape index (κ3) is 5.91. The number of amides is 1. The first-order valence-corrected chi connectivity index (χ1v) is 9.32. The number of carbonyl (C=O) groups is 1. The van der Waals surface area contributed by atoms with Crippen molar-refractivity contribution in [2.24, 2.45) is 0 Å². The summed E-state index contributed by atoms with van der Waals surface area (Å²) >= 11 is 0. The fraction of sp³-hybridized carbons (Fsp3) is 0.650. The van der Waals surface area contributed by atoms with Crippen LogP contribution in [0.1, 0.15) is 57.4 Å². The lowest BCUT2D eigenvalue weighted by molar-refractivity contribution is -0.126. The van der Waals surface area contributed by atoms with Crippen LogP contribution in [0.2, 0.25) is 0 Å². The highest BCUT2D eigenvalue weighted by Gasteiger charge is 2.23. The van der Waals surface area contributed by atoms with Gasteiger partial charge in [-0.25, -0.2) is 0 Å². The number of rotatable bonds is 7. The van der Waals surface area contributed by atoms with Crippen molar-refractivity contribution in [1.82, 2.24) is 10.2 Å². The van der Waals surface area contributed by atoms with Crippen LogP contribution in [0.3, 0.4) is 0 Å². The summed E-state index contributed by atoms with van der Waals surface area (Å²) in [4.78, 5) is 14.9. The van der Waals surface area contributed by atoms with Crippen LogP contribution in [0.5, 0.6) is 0 Å². The molecule has 24 heavy (non-hydrogen) atoms. The van der Waals surface area contributed by atoms with Gasteiger partial charge in [-0.05, 0) is 51.8 Å². The first-order chi connectivity index (χ1) is 11.6. The Morgan fingerprint density at radius 2 is 1.75 bits per heavy atom. The monoisotopic (exact) mass is 332 g/mol. The molecule has 134 valence electrons. The van der Waals surface area contributed by atoms with E-state index in [1.165, 1.54) is 31.2 Å². The van der Waals surface area contributed by atoms with Gasteiger partial charge in [-0.1, -0.05) is 43.2 Å². The van der Waals surface area contributed by atoms with Crippen LogP contribution in [-0.4, -0.2) is 47.7 Å². The molecule has 3 atom stereocenters. The minimum atomic E-state index is -0.380. The zero-order chi connectivity index (χ0) is 17.4. The van der Waals surface area contributed by atoms with E-state index in [0.29, 0.717) is 13.0 Å². The van der Waals surface area contributed by atoms with Gasteiger partial charge >= 0.3 is 0 Å². The van der Waals surface area contributed by atoms with E-state index < -0.39 is 0 Å². The summed E-state index contributed by atoms with van der Waals surface area (Å²) in [6, 6.07) is 10.1. The van der Waals surface area contributed by atoms with Crippen LogP contribution in [0.15, 0.2) is 30.3 Å². The number of hydrogen-bond acceptors (Lipinski definition) is 3. The van der Waals surface area contributed by atoms with Gasteiger partial charge in [0.25, 0.3) is 0 Å². The molecule has 0 aromatic heterocycles. The highest BCUT2D eigenvalue weighted by molar-refractivity contribution is 5.81. The summed E-state index contributed by atoms with van der Waals surface area (Å²) in [6.07, 6.45) is 5.20. The summed E-state index contributed by atoms with van der Waals surface area (Å²) in [7, 11) is 0. The van der Waals surface area contributed by atoms with Gasteiger partial charge in [-0.15, -0.1) is 0 Å². The molecule has 2 N–H and O–H groups in total. The second-order valence-electron chi connectivity index (χ2n) is 7.06.